The van der Waals surface area contributed by atoms with Crippen molar-refractivity contribution in [3.63, 3.8) is 0 Å². The summed E-state index contributed by atoms with van der Waals surface area (Å²) in [5.74, 6) is 0.651. The fourth-order valence-electron chi connectivity index (χ4n) is 1.75. The van der Waals surface area contributed by atoms with Gasteiger partial charge in [-0.2, -0.15) is 8.42 Å². The van der Waals surface area contributed by atoms with Crippen molar-refractivity contribution in [2.45, 2.75) is 0 Å². The fraction of sp³-hybridized carbons (Fsp3) is 0. The minimum atomic E-state index is -4.67. The number of aromatic nitrogens is 3. The second-order valence-electron chi connectivity index (χ2n) is 4.23. The van der Waals surface area contributed by atoms with Crippen LogP contribution >= 0.6 is 0 Å². The largest absolute Gasteiger partial charge is 0.394 e. The molecule has 0 bridgehead atoms. The fourth-order valence-corrected chi connectivity index (χ4v) is 1.75. The van der Waals surface area contributed by atoms with E-state index in [1.807, 2.05) is 12.1 Å². The first-order valence-electron chi connectivity index (χ1n) is 5.98. The van der Waals surface area contributed by atoms with Crippen molar-refractivity contribution in [3.05, 3.63) is 52.8 Å². The molecule has 0 radical (unpaired) electrons. The Bertz CT molecular complexity index is 931. The molecular weight excluding hydrogens is 328 g/mol. The molecule has 0 saturated carbocycles. The number of rotatable bonds is 2. The topological polar surface area (TPSA) is 159 Å². The summed E-state index contributed by atoms with van der Waals surface area (Å²) >= 11 is 0. The zero-order chi connectivity index (χ0) is 17.0. The molecule has 120 valence electrons. The number of non-ortho nitro benzene ring substituents is 1. The van der Waals surface area contributed by atoms with E-state index in [1.165, 1.54) is 12.1 Å². The van der Waals surface area contributed by atoms with Crippen LogP contribution in [0.4, 0.5) is 5.69 Å². The normalized spacial score (nSPS) is 10.9. The highest BCUT2D eigenvalue weighted by molar-refractivity contribution is 7.79. The Kier molecular flexibility index (Phi) is 4.64. The molecule has 0 atom stereocenters. The minimum absolute atomic E-state index is 0.0453. The molecule has 0 aliphatic carbocycles. The van der Waals surface area contributed by atoms with E-state index >= 15 is 0 Å². The summed E-state index contributed by atoms with van der Waals surface area (Å²) in [5, 5.41) is 10.7. The van der Waals surface area contributed by atoms with Gasteiger partial charge in [0.2, 0.25) is 0 Å². The van der Waals surface area contributed by atoms with Crippen LogP contribution in [0.1, 0.15) is 0 Å². The molecule has 0 spiro atoms. The zero-order valence-corrected chi connectivity index (χ0v) is 12.1. The molecule has 0 saturated heterocycles. The molecule has 2 heterocycles. The van der Waals surface area contributed by atoms with Gasteiger partial charge in [-0.3, -0.25) is 24.2 Å². The monoisotopic (exact) mass is 338 g/mol. The number of hydrogen-bond acceptors (Lipinski definition) is 6. The van der Waals surface area contributed by atoms with E-state index in [2.05, 4.69) is 15.0 Å². The Balaban J connectivity index is 0.000000338. The quantitative estimate of drug-likeness (QED) is 0.362. The number of imidazole rings is 1. The van der Waals surface area contributed by atoms with Crippen LogP contribution in [0, 0.1) is 10.1 Å². The van der Waals surface area contributed by atoms with Crippen molar-refractivity contribution in [3.8, 4) is 11.4 Å². The highest BCUT2D eigenvalue weighted by atomic mass is 32.3. The number of nitro groups is 1. The van der Waals surface area contributed by atoms with Gasteiger partial charge in [-0.05, 0) is 18.2 Å². The second kappa shape index (κ2) is 6.48. The summed E-state index contributed by atoms with van der Waals surface area (Å²) in [4.78, 5) is 21.7. The van der Waals surface area contributed by atoms with Crippen LogP contribution in [-0.4, -0.2) is 37.4 Å². The van der Waals surface area contributed by atoms with Crippen molar-refractivity contribution in [1.82, 2.24) is 15.0 Å². The first-order valence-corrected chi connectivity index (χ1v) is 7.38. The van der Waals surface area contributed by atoms with Gasteiger partial charge >= 0.3 is 10.4 Å². The van der Waals surface area contributed by atoms with Gasteiger partial charge < -0.3 is 4.98 Å². The van der Waals surface area contributed by atoms with E-state index in [-0.39, 0.29) is 5.69 Å². The van der Waals surface area contributed by atoms with Crippen LogP contribution in [0.3, 0.4) is 0 Å². The van der Waals surface area contributed by atoms with Crippen molar-refractivity contribution in [2.24, 2.45) is 0 Å². The molecule has 3 aromatic rings. The summed E-state index contributed by atoms with van der Waals surface area (Å²) in [6.07, 6.45) is 3.36. The van der Waals surface area contributed by atoms with Gasteiger partial charge in [0, 0.05) is 30.1 Å². The number of aromatic amines is 1. The standard InChI is InChI=1S/C12H8N4O2.H2O4S/c17-16(18)9-3-4-10-11(6-9)15-12(14-10)8-2-1-5-13-7-8;1-5(2,3)4/h1-7H,(H,14,15);(H2,1,2,3,4). The van der Waals surface area contributed by atoms with E-state index in [0.717, 1.165) is 5.56 Å². The van der Waals surface area contributed by atoms with E-state index in [0.29, 0.717) is 16.9 Å². The number of nitrogens with zero attached hydrogens (tertiary/aromatic N) is 3. The summed E-state index contributed by atoms with van der Waals surface area (Å²) in [5.41, 5.74) is 2.22. The van der Waals surface area contributed by atoms with Gasteiger partial charge in [-0.15, -0.1) is 0 Å². The Hall–Kier alpha value is -2.89. The number of H-pyrrole nitrogens is 1. The van der Waals surface area contributed by atoms with Gasteiger partial charge in [-0.25, -0.2) is 4.98 Å². The van der Waals surface area contributed by atoms with Crippen LogP contribution in [0.25, 0.3) is 22.4 Å². The molecule has 0 aliphatic heterocycles. The summed E-state index contributed by atoms with van der Waals surface area (Å²) < 4.78 is 31.6. The predicted molar refractivity (Wildman–Crippen MR) is 80.2 cm³/mol. The van der Waals surface area contributed by atoms with E-state index in [1.54, 1.807) is 18.5 Å². The Morgan fingerprint density at radius 3 is 2.48 bits per heavy atom. The van der Waals surface area contributed by atoms with Crippen molar-refractivity contribution in [2.75, 3.05) is 0 Å². The van der Waals surface area contributed by atoms with Crippen molar-refractivity contribution < 1.29 is 22.4 Å². The zero-order valence-electron chi connectivity index (χ0n) is 11.3. The molecule has 3 N–H and O–H groups in total. The summed E-state index contributed by atoms with van der Waals surface area (Å²) in [6, 6.07) is 8.23. The molecule has 11 heteroatoms. The van der Waals surface area contributed by atoms with Gasteiger partial charge in [0.1, 0.15) is 5.82 Å². The average molecular weight is 338 g/mol. The van der Waals surface area contributed by atoms with E-state index in [4.69, 9.17) is 17.5 Å². The second-order valence-corrected chi connectivity index (χ2v) is 5.13. The van der Waals surface area contributed by atoms with Gasteiger partial charge in [0.05, 0.1) is 16.0 Å². The van der Waals surface area contributed by atoms with Crippen molar-refractivity contribution in [1.29, 1.82) is 0 Å². The maximum atomic E-state index is 10.7. The average Bonchev–Trinajstić information content (AvgIpc) is 2.89. The molecule has 3 rings (SSSR count). The first-order chi connectivity index (χ1) is 10.7. The molecule has 10 nitrogen and oxygen atoms in total. The third kappa shape index (κ3) is 4.81. The first kappa shape index (κ1) is 16.5. The SMILES string of the molecule is O=S(=O)(O)O.O=[N+]([O-])c1ccc2nc(-c3cccnc3)[nH]c2c1. The van der Waals surface area contributed by atoms with E-state index < -0.39 is 15.3 Å². The molecule has 23 heavy (non-hydrogen) atoms. The number of fused-ring (bicyclic) bond motifs is 1. The lowest BCUT2D eigenvalue weighted by Gasteiger charge is -1.92. The summed E-state index contributed by atoms with van der Waals surface area (Å²) in [7, 11) is -4.67. The lowest BCUT2D eigenvalue weighted by molar-refractivity contribution is -0.384. The van der Waals surface area contributed by atoms with Gasteiger partial charge in [-0.1, -0.05) is 0 Å². The van der Waals surface area contributed by atoms with Crippen LogP contribution in [-0.2, 0) is 10.4 Å². The Morgan fingerprint density at radius 2 is 1.91 bits per heavy atom. The molecule has 0 fully saturated rings. The number of pyridine rings is 1. The highest BCUT2D eigenvalue weighted by Crippen LogP contribution is 2.23. The minimum Gasteiger partial charge on any atom is -0.338 e. The van der Waals surface area contributed by atoms with Crippen LogP contribution in [0.15, 0.2) is 42.7 Å². The van der Waals surface area contributed by atoms with Crippen LogP contribution < -0.4 is 0 Å². The number of hydrogen-bond donors (Lipinski definition) is 3. The third-order valence-electron chi connectivity index (χ3n) is 2.61. The molecule has 1 aromatic carbocycles. The Morgan fingerprint density at radius 1 is 1.22 bits per heavy atom. The smallest absolute Gasteiger partial charge is 0.338 e. The number of nitro benzene ring substituents is 1. The molecule has 0 amide bonds. The van der Waals surface area contributed by atoms with Crippen LogP contribution in [0.2, 0.25) is 0 Å². The van der Waals surface area contributed by atoms with Gasteiger partial charge in [0.15, 0.2) is 0 Å². The maximum Gasteiger partial charge on any atom is 0.394 e. The Labute approximate surface area is 129 Å². The third-order valence-corrected chi connectivity index (χ3v) is 2.61. The molecule has 2 aromatic heterocycles. The maximum absolute atomic E-state index is 10.7. The van der Waals surface area contributed by atoms with E-state index in [9.17, 15) is 10.1 Å². The molecular formula is C12H10N4O6S. The predicted octanol–water partition coefficient (Wildman–Crippen LogP) is 1.88. The lowest BCUT2D eigenvalue weighted by Crippen LogP contribution is -1.89. The van der Waals surface area contributed by atoms with Crippen LogP contribution in [0.5, 0.6) is 0 Å². The number of nitrogens with one attached hydrogen (secondary N) is 1. The highest BCUT2D eigenvalue weighted by Gasteiger charge is 2.10. The molecule has 0 aliphatic rings. The number of benzene rings is 1. The van der Waals surface area contributed by atoms with Crippen molar-refractivity contribution >= 4 is 27.1 Å². The van der Waals surface area contributed by atoms with Gasteiger partial charge in [0.25, 0.3) is 5.69 Å². The molecule has 0 unspecified atom stereocenters. The summed E-state index contributed by atoms with van der Waals surface area (Å²) in [6.45, 7) is 0. The lowest BCUT2D eigenvalue weighted by atomic mass is 10.3.